The van der Waals surface area contributed by atoms with Crippen LogP contribution in [-0.2, 0) is 13.1 Å². The van der Waals surface area contributed by atoms with E-state index in [1.54, 1.807) is 13.3 Å². The minimum absolute atomic E-state index is 0.674. The molecule has 0 spiro atoms. The van der Waals surface area contributed by atoms with E-state index in [-0.39, 0.29) is 0 Å². The zero-order chi connectivity index (χ0) is 14.5. The van der Waals surface area contributed by atoms with Crippen molar-refractivity contribution in [2.24, 2.45) is 0 Å². The van der Waals surface area contributed by atoms with E-state index in [0.29, 0.717) is 12.4 Å². The number of benzene rings is 1. The Morgan fingerprint density at radius 2 is 2.00 bits per heavy atom. The van der Waals surface area contributed by atoms with Crippen molar-refractivity contribution in [1.82, 2.24) is 15.3 Å². The number of hydrogen-bond donors (Lipinski definition) is 1. The molecule has 0 aliphatic rings. The van der Waals surface area contributed by atoms with Gasteiger partial charge in [0, 0.05) is 36.4 Å². The van der Waals surface area contributed by atoms with Gasteiger partial charge < -0.3 is 10.1 Å². The van der Waals surface area contributed by atoms with E-state index >= 15 is 0 Å². The van der Waals surface area contributed by atoms with Crippen molar-refractivity contribution in [3.63, 3.8) is 0 Å². The quantitative estimate of drug-likeness (QED) is 0.780. The molecule has 0 fully saturated rings. The van der Waals surface area contributed by atoms with Gasteiger partial charge in [0.1, 0.15) is 0 Å². The van der Waals surface area contributed by atoms with E-state index in [1.165, 1.54) is 0 Å². The fraction of sp³-hybridized carbons (Fsp3) is 0.176. The molecule has 0 bridgehead atoms. The van der Waals surface area contributed by atoms with Crippen molar-refractivity contribution in [2.75, 3.05) is 7.11 Å². The van der Waals surface area contributed by atoms with Crippen LogP contribution in [0.25, 0.3) is 10.9 Å². The molecule has 4 nitrogen and oxygen atoms in total. The van der Waals surface area contributed by atoms with Crippen molar-refractivity contribution < 1.29 is 4.74 Å². The lowest BCUT2D eigenvalue weighted by molar-refractivity contribution is 0.392. The normalized spacial score (nSPS) is 10.7. The Morgan fingerprint density at radius 1 is 1.10 bits per heavy atom. The summed E-state index contributed by atoms with van der Waals surface area (Å²) >= 11 is 0. The molecule has 0 amide bonds. The van der Waals surface area contributed by atoms with Crippen LogP contribution in [-0.4, -0.2) is 17.1 Å². The van der Waals surface area contributed by atoms with Crippen LogP contribution in [0.4, 0.5) is 0 Å². The highest BCUT2D eigenvalue weighted by Gasteiger charge is 2.06. The molecule has 0 radical (unpaired) electrons. The topological polar surface area (TPSA) is 47.0 Å². The average Bonchev–Trinajstić information content (AvgIpc) is 2.55. The molecule has 0 unspecified atom stereocenters. The lowest BCUT2D eigenvalue weighted by Gasteiger charge is -2.10. The van der Waals surface area contributed by atoms with Gasteiger partial charge in [0.2, 0.25) is 5.88 Å². The number of aromatic nitrogens is 2. The second-order valence-electron chi connectivity index (χ2n) is 4.81. The Balaban J connectivity index is 1.76. The van der Waals surface area contributed by atoms with Crippen LogP contribution in [0.3, 0.4) is 0 Å². The molecule has 4 heteroatoms. The van der Waals surface area contributed by atoms with Crippen LogP contribution in [0.1, 0.15) is 11.1 Å². The maximum Gasteiger partial charge on any atom is 0.218 e. The van der Waals surface area contributed by atoms with Crippen LogP contribution in [0.2, 0.25) is 0 Å². The van der Waals surface area contributed by atoms with Gasteiger partial charge in [-0.3, -0.25) is 4.98 Å². The van der Waals surface area contributed by atoms with Crippen molar-refractivity contribution in [1.29, 1.82) is 0 Å². The van der Waals surface area contributed by atoms with Gasteiger partial charge in [0.15, 0.2) is 0 Å². The van der Waals surface area contributed by atoms with Crippen LogP contribution in [0, 0.1) is 0 Å². The summed E-state index contributed by atoms with van der Waals surface area (Å²) in [6.45, 7) is 1.47. The molecule has 0 aliphatic heterocycles. The van der Waals surface area contributed by atoms with E-state index in [0.717, 1.165) is 28.6 Å². The molecule has 3 aromatic rings. The number of ether oxygens (including phenoxy) is 1. The number of nitrogens with one attached hydrogen (secondary N) is 1. The highest BCUT2D eigenvalue weighted by molar-refractivity contribution is 5.80. The monoisotopic (exact) mass is 279 g/mol. The van der Waals surface area contributed by atoms with Crippen molar-refractivity contribution in [3.8, 4) is 5.88 Å². The second-order valence-corrected chi connectivity index (χ2v) is 4.81. The molecule has 0 aliphatic carbocycles. The molecular weight excluding hydrogens is 262 g/mol. The first-order valence-electron chi connectivity index (χ1n) is 6.89. The largest absolute Gasteiger partial charge is 0.481 e. The molecule has 1 aromatic carbocycles. The minimum Gasteiger partial charge on any atom is -0.481 e. The Morgan fingerprint density at radius 3 is 2.81 bits per heavy atom. The number of pyridine rings is 2. The van der Waals surface area contributed by atoms with Crippen LogP contribution >= 0.6 is 0 Å². The van der Waals surface area contributed by atoms with Gasteiger partial charge in [-0.25, -0.2) is 4.98 Å². The molecular formula is C17H17N3O. The summed E-state index contributed by atoms with van der Waals surface area (Å²) in [4.78, 5) is 8.65. The molecule has 2 aromatic heterocycles. The van der Waals surface area contributed by atoms with Gasteiger partial charge in [-0.05, 0) is 23.8 Å². The predicted octanol–water partition coefficient (Wildman–Crippen LogP) is 2.93. The first-order valence-corrected chi connectivity index (χ1v) is 6.89. The van der Waals surface area contributed by atoms with Crippen LogP contribution < -0.4 is 10.1 Å². The molecule has 0 saturated carbocycles. The van der Waals surface area contributed by atoms with Gasteiger partial charge in [0.05, 0.1) is 12.6 Å². The van der Waals surface area contributed by atoms with Gasteiger partial charge >= 0.3 is 0 Å². The summed E-state index contributed by atoms with van der Waals surface area (Å²) in [5, 5.41) is 4.52. The van der Waals surface area contributed by atoms with E-state index in [2.05, 4.69) is 33.5 Å². The van der Waals surface area contributed by atoms with Crippen molar-refractivity contribution in [2.45, 2.75) is 13.1 Å². The first kappa shape index (κ1) is 13.5. The highest BCUT2D eigenvalue weighted by Crippen LogP contribution is 2.21. The number of para-hydroxylation sites is 1. The number of methoxy groups -OCH3 is 1. The van der Waals surface area contributed by atoms with Crippen LogP contribution in [0.15, 0.2) is 54.9 Å². The predicted molar refractivity (Wildman–Crippen MR) is 83.1 cm³/mol. The number of nitrogens with zero attached hydrogens (tertiary/aromatic N) is 2. The zero-order valence-corrected chi connectivity index (χ0v) is 11.9. The fourth-order valence-electron chi connectivity index (χ4n) is 2.29. The summed E-state index contributed by atoms with van der Waals surface area (Å²) in [7, 11) is 1.65. The average molecular weight is 279 g/mol. The van der Waals surface area contributed by atoms with E-state index < -0.39 is 0 Å². The smallest absolute Gasteiger partial charge is 0.218 e. The van der Waals surface area contributed by atoms with Crippen LogP contribution in [0.5, 0.6) is 5.88 Å². The first-order chi connectivity index (χ1) is 10.4. The lowest BCUT2D eigenvalue weighted by atomic mass is 10.1. The number of rotatable bonds is 5. The SMILES string of the molecule is COc1nc2ccccc2cc1CNCc1cccnc1. The van der Waals surface area contributed by atoms with E-state index in [9.17, 15) is 0 Å². The number of fused-ring (bicyclic) bond motifs is 1. The lowest BCUT2D eigenvalue weighted by Crippen LogP contribution is -2.14. The van der Waals surface area contributed by atoms with Gasteiger partial charge in [-0.15, -0.1) is 0 Å². The Hall–Kier alpha value is -2.46. The molecule has 106 valence electrons. The van der Waals surface area contributed by atoms with Gasteiger partial charge in [-0.1, -0.05) is 24.3 Å². The molecule has 0 atom stereocenters. The maximum atomic E-state index is 5.39. The molecule has 1 N–H and O–H groups in total. The summed E-state index contributed by atoms with van der Waals surface area (Å²) < 4.78 is 5.39. The van der Waals surface area contributed by atoms with E-state index in [1.807, 2.05) is 30.5 Å². The standard InChI is InChI=1S/C17H17N3O/c1-21-17-15(9-14-6-2-3-7-16(14)20-17)12-19-11-13-5-4-8-18-10-13/h2-10,19H,11-12H2,1H3. The molecule has 3 rings (SSSR count). The summed E-state index contributed by atoms with van der Waals surface area (Å²) in [6.07, 6.45) is 3.64. The third-order valence-electron chi connectivity index (χ3n) is 3.32. The maximum absolute atomic E-state index is 5.39. The zero-order valence-electron chi connectivity index (χ0n) is 11.9. The molecule has 21 heavy (non-hydrogen) atoms. The van der Waals surface area contributed by atoms with Gasteiger partial charge in [-0.2, -0.15) is 0 Å². The highest BCUT2D eigenvalue weighted by atomic mass is 16.5. The third-order valence-corrected chi connectivity index (χ3v) is 3.32. The second kappa shape index (κ2) is 6.33. The summed E-state index contributed by atoms with van der Waals surface area (Å²) in [5.41, 5.74) is 3.16. The van der Waals surface area contributed by atoms with E-state index in [4.69, 9.17) is 4.74 Å². The Labute approximate surface area is 123 Å². The summed E-state index contributed by atoms with van der Waals surface area (Å²) in [6, 6.07) is 14.2. The van der Waals surface area contributed by atoms with Crippen molar-refractivity contribution >= 4 is 10.9 Å². The fourth-order valence-corrected chi connectivity index (χ4v) is 2.29. The minimum atomic E-state index is 0.674. The Bertz CT molecular complexity index is 728. The third kappa shape index (κ3) is 3.17. The molecule has 0 saturated heterocycles. The molecule has 2 heterocycles. The van der Waals surface area contributed by atoms with Gasteiger partial charge in [0.25, 0.3) is 0 Å². The number of hydrogen-bond acceptors (Lipinski definition) is 4. The van der Waals surface area contributed by atoms with Crippen molar-refractivity contribution in [3.05, 3.63) is 66.0 Å². The summed E-state index contributed by atoms with van der Waals surface area (Å²) in [5.74, 6) is 0.674. The Kier molecular flexibility index (Phi) is 4.07.